The first-order chi connectivity index (χ1) is 9.86. The van der Waals surface area contributed by atoms with Crippen LogP contribution in [0.4, 0.5) is 14.5 Å². The fourth-order valence-corrected chi connectivity index (χ4v) is 3.84. The SMILES string of the molecule is CC1CN(c2c(F)cc(C=CC(=O)O)cc2F)CC(C)S1. The predicted molar refractivity (Wildman–Crippen MR) is 81.8 cm³/mol. The van der Waals surface area contributed by atoms with E-state index in [0.717, 1.165) is 18.2 Å². The van der Waals surface area contributed by atoms with Crippen LogP contribution in [0.1, 0.15) is 19.4 Å². The van der Waals surface area contributed by atoms with Crippen molar-refractivity contribution in [2.45, 2.75) is 24.3 Å². The molecule has 0 spiro atoms. The Kier molecular flexibility index (Phi) is 4.88. The topological polar surface area (TPSA) is 40.5 Å². The van der Waals surface area contributed by atoms with E-state index in [1.807, 2.05) is 13.8 Å². The van der Waals surface area contributed by atoms with E-state index in [2.05, 4.69) is 0 Å². The summed E-state index contributed by atoms with van der Waals surface area (Å²) in [5.41, 5.74) is 0.171. The molecule has 0 aliphatic carbocycles. The second kappa shape index (κ2) is 6.47. The minimum Gasteiger partial charge on any atom is -0.478 e. The van der Waals surface area contributed by atoms with Crippen LogP contribution >= 0.6 is 11.8 Å². The van der Waals surface area contributed by atoms with Gasteiger partial charge >= 0.3 is 5.97 Å². The third-order valence-electron chi connectivity index (χ3n) is 3.19. The standard InChI is InChI=1S/C15H17F2NO2S/c1-9-7-18(8-10(2)21-9)15-12(16)5-11(6-13(15)17)3-4-14(19)20/h3-6,9-10H,7-8H2,1-2H3,(H,19,20). The molecule has 0 saturated carbocycles. The van der Waals surface area contributed by atoms with Crippen LogP contribution in [0.2, 0.25) is 0 Å². The minimum absolute atomic E-state index is 0.0264. The number of aliphatic carboxylic acids is 1. The first-order valence-electron chi connectivity index (χ1n) is 6.67. The van der Waals surface area contributed by atoms with Crippen molar-refractivity contribution in [2.24, 2.45) is 0 Å². The molecule has 1 aromatic carbocycles. The summed E-state index contributed by atoms with van der Waals surface area (Å²) >= 11 is 1.80. The highest BCUT2D eigenvalue weighted by atomic mass is 32.2. The van der Waals surface area contributed by atoms with E-state index < -0.39 is 17.6 Å². The van der Waals surface area contributed by atoms with Gasteiger partial charge in [-0.25, -0.2) is 13.6 Å². The number of anilines is 1. The van der Waals surface area contributed by atoms with Crippen molar-refractivity contribution in [1.29, 1.82) is 0 Å². The van der Waals surface area contributed by atoms with Gasteiger partial charge in [-0.3, -0.25) is 0 Å². The molecular weight excluding hydrogens is 296 g/mol. The van der Waals surface area contributed by atoms with Crippen LogP contribution in [0.5, 0.6) is 0 Å². The molecule has 1 heterocycles. The molecule has 0 amide bonds. The van der Waals surface area contributed by atoms with Gasteiger partial charge in [0.1, 0.15) is 17.3 Å². The highest BCUT2D eigenvalue weighted by molar-refractivity contribution is 8.00. The van der Waals surface area contributed by atoms with Gasteiger partial charge in [0.2, 0.25) is 0 Å². The van der Waals surface area contributed by atoms with Crippen molar-refractivity contribution in [3.8, 4) is 0 Å². The zero-order valence-electron chi connectivity index (χ0n) is 11.8. The largest absolute Gasteiger partial charge is 0.478 e. The van der Waals surface area contributed by atoms with Gasteiger partial charge in [0.15, 0.2) is 0 Å². The van der Waals surface area contributed by atoms with E-state index in [-0.39, 0.29) is 11.3 Å². The summed E-state index contributed by atoms with van der Waals surface area (Å²) in [4.78, 5) is 12.2. The highest BCUT2D eigenvalue weighted by Gasteiger charge is 2.26. The number of carbonyl (C=O) groups is 1. The molecule has 1 aliphatic heterocycles. The molecule has 114 valence electrons. The van der Waals surface area contributed by atoms with E-state index in [1.165, 1.54) is 6.08 Å². The van der Waals surface area contributed by atoms with Gasteiger partial charge in [0.25, 0.3) is 0 Å². The number of hydrogen-bond acceptors (Lipinski definition) is 3. The number of carboxylic acid groups (broad SMARTS) is 1. The van der Waals surface area contributed by atoms with Crippen LogP contribution in [0.3, 0.4) is 0 Å². The second-order valence-electron chi connectivity index (χ2n) is 5.17. The van der Waals surface area contributed by atoms with Gasteiger partial charge in [-0.15, -0.1) is 0 Å². The molecule has 3 nitrogen and oxygen atoms in total. The summed E-state index contributed by atoms with van der Waals surface area (Å²) < 4.78 is 28.4. The van der Waals surface area contributed by atoms with Crippen LogP contribution in [-0.2, 0) is 4.79 Å². The summed E-state index contributed by atoms with van der Waals surface area (Å²) in [6.45, 7) is 5.25. The lowest BCUT2D eigenvalue weighted by molar-refractivity contribution is -0.131. The molecular formula is C15H17F2NO2S. The van der Waals surface area contributed by atoms with E-state index in [9.17, 15) is 13.6 Å². The fraction of sp³-hybridized carbons (Fsp3) is 0.400. The maximum atomic E-state index is 14.2. The lowest BCUT2D eigenvalue weighted by Gasteiger charge is -2.36. The maximum absolute atomic E-state index is 14.2. The normalized spacial score (nSPS) is 22.8. The number of carboxylic acids is 1. The van der Waals surface area contributed by atoms with Crippen molar-refractivity contribution < 1.29 is 18.7 Å². The smallest absolute Gasteiger partial charge is 0.328 e. The van der Waals surface area contributed by atoms with Crippen LogP contribution in [0.15, 0.2) is 18.2 Å². The molecule has 1 fully saturated rings. The average Bonchev–Trinajstić information content (AvgIpc) is 2.34. The Morgan fingerprint density at radius 2 is 1.81 bits per heavy atom. The van der Waals surface area contributed by atoms with E-state index >= 15 is 0 Å². The van der Waals surface area contributed by atoms with Gasteiger partial charge in [-0.1, -0.05) is 13.8 Å². The Labute approximate surface area is 126 Å². The van der Waals surface area contributed by atoms with Crippen molar-refractivity contribution >= 4 is 29.5 Å². The monoisotopic (exact) mass is 313 g/mol. The molecule has 0 bridgehead atoms. The van der Waals surface area contributed by atoms with Gasteiger partial charge in [0.05, 0.1) is 0 Å². The Bertz CT molecular complexity index is 544. The second-order valence-corrected chi connectivity index (χ2v) is 7.05. The van der Waals surface area contributed by atoms with E-state index in [4.69, 9.17) is 5.11 Å². The Hall–Kier alpha value is -1.56. The number of benzene rings is 1. The van der Waals surface area contributed by atoms with Gasteiger partial charge in [-0.05, 0) is 23.8 Å². The van der Waals surface area contributed by atoms with Gasteiger partial charge in [-0.2, -0.15) is 11.8 Å². The molecule has 0 aromatic heterocycles. The lowest BCUT2D eigenvalue weighted by atomic mass is 10.1. The fourth-order valence-electron chi connectivity index (χ4n) is 2.51. The van der Waals surface area contributed by atoms with Gasteiger partial charge in [0, 0.05) is 29.7 Å². The van der Waals surface area contributed by atoms with Crippen molar-refractivity contribution in [2.75, 3.05) is 18.0 Å². The van der Waals surface area contributed by atoms with Crippen molar-refractivity contribution in [3.05, 3.63) is 35.4 Å². The Morgan fingerprint density at radius 1 is 1.29 bits per heavy atom. The third-order valence-corrected chi connectivity index (χ3v) is 4.42. The molecule has 1 saturated heterocycles. The lowest BCUT2D eigenvalue weighted by Crippen LogP contribution is -2.41. The molecule has 0 radical (unpaired) electrons. The molecule has 6 heteroatoms. The van der Waals surface area contributed by atoms with Crippen LogP contribution in [0.25, 0.3) is 6.08 Å². The van der Waals surface area contributed by atoms with Gasteiger partial charge < -0.3 is 10.0 Å². The summed E-state index contributed by atoms with van der Waals surface area (Å²) in [5, 5.41) is 9.15. The van der Waals surface area contributed by atoms with Crippen LogP contribution < -0.4 is 4.90 Å². The number of nitrogens with zero attached hydrogens (tertiary/aromatic N) is 1. The summed E-state index contributed by atoms with van der Waals surface area (Å²) in [7, 11) is 0. The van der Waals surface area contributed by atoms with Crippen LogP contribution in [0, 0.1) is 11.6 Å². The number of halogens is 2. The quantitative estimate of drug-likeness (QED) is 0.868. The Morgan fingerprint density at radius 3 is 2.29 bits per heavy atom. The molecule has 2 atom stereocenters. The molecule has 1 aliphatic rings. The first kappa shape index (κ1) is 15.8. The van der Waals surface area contributed by atoms with E-state index in [1.54, 1.807) is 16.7 Å². The number of thioether (sulfide) groups is 1. The zero-order valence-corrected chi connectivity index (χ0v) is 12.7. The molecule has 1 N–H and O–H groups in total. The minimum atomic E-state index is -1.16. The Balaban J connectivity index is 2.30. The number of hydrogen-bond donors (Lipinski definition) is 1. The zero-order chi connectivity index (χ0) is 15.6. The molecule has 2 rings (SSSR count). The first-order valence-corrected chi connectivity index (χ1v) is 7.61. The predicted octanol–water partition coefficient (Wildman–Crippen LogP) is 3.39. The van der Waals surface area contributed by atoms with Crippen molar-refractivity contribution in [3.63, 3.8) is 0 Å². The summed E-state index contributed by atoms with van der Waals surface area (Å²) in [5.74, 6) is -2.48. The summed E-state index contributed by atoms with van der Waals surface area (Å²) in [6, 6.07) is 2.32. The third kappa shape index (κ3) is 3.97. The number of rotatable bonds is 3. The summed E-state index contributed by atoms with van der Waals surface area (Å²) in [6.07, 6.45) is 2.03. The maximum Gasteiger partial charge on any atom is 0.328 e. The molecule has 21 heavy (non-hydrogen) atoms. The molecule has 1 aromatic rings. The average molecular weight is 313 g/mol. The van der Waals surface area contributed by atoms with Crippen LogP contribution in [-0.4, -0.2) is 34.7 Å². The highest BCUT2D eigenvalue weighted by Crippen LogP contribution is 2.32. The van der Waals surface area contributed by atoms with Crippen molar-refractivity contribution in [1.82, 2.24) is 0 Å². The van der Waals surface area contributed by atoms with E-state index in [0.29, 0.717) is 23.6 Å². The molecule has 2 unspecified atom stereocenters.